The highest BCUT2D eigenvalue weighted by Gasteiger charge is 2.12. The largest absolute Gasteiger partial charge is 0.478 e. The predicted octanol–water partition coefficient (Wildman–Crippen LogP) is 1.05. The molecule has 0 aliphatic carbocycles. The number of nitrogens with one attached hydrogen (secondary N) is 1. The highest BCUT2D eigenvalue weighted by atomic mass is 16.4. The van der Waals surface area contributed by atoms with Crippen molar-refractivity contribution >= 4 is 11.9 Å². The summed E-state index contributed by atoms with van der Waals surface area (Å²) in [6.45, 7) is 5.23. The number of carbonyl (C=O) groups is 1. The highest BCUT2D eigenvalue weighted by molar-refractivity contribution is 5.88. The maximum absolute atomic E-state index is 10.8. The van der Waals surface area contributed by atoms with Crippen LogP contribution >= 0.6 is 0 Å². The van der Waals surface area contributed by atoms with Gasteiger partial charge in [0.2, 0.25) is 5.95 Å². The van der Waals surface area contributed by atoms with Crippen molar-refractivity contribution in [2.75, 3.05) is 5.32 Å². The van der Waals surface area contributed by atoms with Gasteiger partial charge in [0.1, 0.15) is 0 Å². The van der Waals surface area contributed by atoms with Crippen LogP contribution in [0, 0.1) is 6.92 Å². The summed E-state index contributed by atoms with van der Waals surface area (Å²) in [5.41, 5.74) is 0.512. The van der Waals surface area contributed by atoms with Crippen LogP contribution in [0.2, 0.25) is 0 Å². The van der Waals surface area contributed by atoms with Crippen LogP contribution in [-0.2, 0) is 0 Å². The van der Waals surface area contributed by atoms with Crippen LogP contribution in [0.3, 0.4) is 0 Å². The number of aliphatic hydroxyl groups is 1. The minimum atomic E-state index is -1.04. The Hall–Kier alpha value is -1.69. The third-order valence-corrected chi connectivity index (χ3v) is 2.28. The smallest absolute Gasteiger partial charge is 0.339 e. The third-order valence-electron chi connectivity index (χ3n) is 2.28. The van der Waals surface area contributed by atoms with E-state index in [1.54, 1.807) is 13.8 Å². The van der Waals surface area contributed by atoms with E-state index < -0.39 is 12.1 Å². The van der Waals surface area contributed by atoms with Crippen molar-refractivity contribution in [3.63, 3.8) is 0 Å². The van der Waals surface area contributed by atoms with Crippen molar-refractivity contribution in [1.82, 2.24) is 9.97 Å². The number of rotatable bonds is 5. The summed E-state index contributed by atoms with van der Waals surface area (Å²) in [7, 11) is 0. The maximum atomic E-state index is 10.8. The van der Waals surface area contributed by atoms with Crippen molar-refractivity contribution in [3.05, 3.63) is 17.5 Å². The minimum absolute atomic E-state index is 0.0186. The van der Waals surface area contributed by atoms with E-state index in [0.29, 0.717) is 18.1 Å². The van der Waals surface area contributed by atoms with Crippen molar-refractivity contribution in [2.24, 2.45) is 0 Å². The topological polar surface area (TPSA) is 95.3 Å². The molecule has 3 N–H and O–H groups in total. The number of hydrogen-bond donors (Lipinski definition) is 3. The molecule has 0 amide bonds. The second kappa shape index (κ2) is 5.58. The number of anilines is 1. The minimum Gasteiger partial charge on any atom is -0.478 e. The Bertz CT molecular complexity index is 407. The van der Waals surface area contributed by atoms with Crippen molar-refractivity contribution in [1.29, 1.82) is 0 Å². The predicted molar refractivity (Wildman–Crippen MR) is 63.1 cm³/mol. The molecule has 2 unspecified atom stereocenters. The van der Waals surface area contributed by atoms with Gasteiger partial charge in [0.15, 0.2) is 0 Å². The van der Waals surface area contributed by atoms with Gasteiger partial charge < -0.3 is 15.5 Å². The second-order valence-electron chi connectivity index (χ2n) is 4.13. The summed E-state index contributed by atoms with van der Waals surface area (Å²) < 4.78 is 0. The fourth-order valence-corrected chi connectivity index (χ4v) is 1.54. The zero-order valence-corrected chi connectivity index (χ0v) is 10.1. The first-order chi connectivity index (χ1) is 7.90. The molecule has 6 heteroatoms. The lowest BCUT2D eigenvalue weighted by molar-refractivity contribution is 0.0695. The summed E-state index contributed by atoms with van der Waals surface area (Å²) in [6, 6.07) is 0.0186. The quantitative estimate of drug-likeness (QED) is 0.711. The fourth-order valence-electron chi connectivity index (χ4n) is 1.54. The van der Waals surface area contributed by atoms with E-state index in [1.807, 2.05) is 6.92 Å². The molecular formula is C11H17N3O3. The van der Waals surface area contributed by atoms with Crippen LogP contribution in [0.1, 0.15) is 36.3 Å². The molecule has 0 aliphatic rings. The summed E-state index contributed by atoms with van der Waals surface area (Å²) in [6.07, 6.45) is 1.45. The molecular weight excluding hydrogens is 222 g/mol. The number of aromatic nitrogens is 2. The van der Waals surface area contributed by atoms with Gasteiger partial charge in [-0.15, -0.1) is 0 Å². The van der Waals surface area contributed by atoms with Gasteiger partial charge in [-0.2, -0.15) is 0 Å². The molecule has 2 atom stereocenters. The van der Waals surface area contributed by atoms with E-state index in [4.69, 9.17) is 5.11 Å². The van der Waals surface area contributed by atoms with Crippen molar-refractivity contribution in [2.45, 2.75) is 39.3 Å². The van der Waals surface area contributed by atoms with Gasteiger partial charge in [0.05, 0.1) is 17.4 Å². The molecule has 0 fully saturated rings. The summed E-state index contributed by atoms with van der Waals surface area (Å²) in [5, 5.41) is 21.0. The molecule has 6 nitrogen and oxygen atoms in total. The first-order valence-electron chi connectivity index (χ1n) is 5.41. The molecule has 17 heavy (non-hydrogen) atoms. The van der Waals surface area contributed by atoms with Gasteiger partial charge in [-0.3, -0.25) is 0 Å². The van der Waals surface area contributed by atoms with Crippen LogP contribution in [0.15, 0.2) is 6.20 Å². The van der Waals surface area contributed by atoms with Gasteiger partial charge in [-0.05, 0) is 27.2 Å². The Morgan fingerprint density at radius 2 is 2.18 bits per heavy atom. The number of aryl methyl sites for hydroxylation is 1. The molecule has 0 saturated carbocycles. The molecule has 0 spiro atoms. The molecule has 0 aromatic carbocycles. The van der Waals surface area contributed by atoms with Crippen LogP contribution in [0.4, 0.5) is 5.95 Å². The number of nitrogens with zero attached hydrogens (tertiary/aromatic N) is 2. The molecule has 94 valence electrons. The normalized spacial score (nSPS) is 14.1. The Labute approximate surface area is 99.7 Å². The van der Waals surface area contributed by atoms with E-state index in [0.717, 1.165) is 0 Å². The van der Waals surface area contributed by atoms with Crippen LogP contribution in [0.25, 0.3) is 0 Å². The molecule has 0 radical (unpaired) electrons. The average molecular weight is 239 g/mol. The van der Waals surface area contributed by atoms with E-state index in [2.05, 4.69) is 15.3 Å². The SMILES string of the molecule is Cc1nc(NC(C)CC(C)O)ncc1C(=O)O. The van der Waals surface area contributed by atoms with Gasteiger partial charge in [-0.25, -0.2) is 14.8 Å². The Balaban J connectivity index is 2.74. The highest BCUT2D eigenvalue weighted by Crippen LogP contribution is 2.09. The Kier molecular flexibility index (Phi) is 4.39. The molecule has 1 heterocycles. The third kappa shape index (κ3) is 3.99. The molecule has 1 aromatic rings. The van der Waals surface area contributed by atoms with E-state index in [1.165, 1.54) is 6.20 Å². The summed E-state index contributed by atoms with van der Waals surface area (Å²) >= 11 is 0. The number of carboxylic acids is 1. The first kappa shape index (κ1) is 13.4. The van der Waals surface area contributed by atoms with Gasteiger partial charge >= 0.3 is 5.97 Å². The lowest BCUT2D eigenvalue weighted by Crippen LogP contribution is -2.22. The van der Waals surface area contributed by atoms with Gasteiger partial charge in [0, 0.05) is 12.2 Å². The number of aromatic carboxylic acids is 1. The van der Waals surface area contributed by atoms with Crippen LogP contribution in [-0.4, -0.2) is 38.3 Å². The molecule has 0 aliphatic heterocycles. The molecule has 1 rings (SSSR count). The van der Waals surface area contributed by atoms with Crippen molar-refractivity contribution in [3.8, 4) is 0 Å². The van der Waals surface area contributed by atoms with E-state index in [9.17, 15) is 9.90 Å². The fraction of sp³-hybridized carbons (Fsp3) is 0.545. The summed E-state index contributed by atoms with van der Waals surface area (Å²) in [4.78, 5) is 18.7. The average Bonchev–Trinajstić information content (AvgIpc) is 2.15. The molecule has 0 bridgehead atoms. The monoisotopic (exact) mass is 239 g/mol. The number of aliphatic hydroxyl groups excluding tert-OH is 1. The lowest BCUT2D eigenvalue weighted by Gasteiger charge is -2.15. The molecule has 0 saturated heterocycles. The van der Waals surface area contributed by atoms with Crippen LogP contribution < -0.4 is 5.32 Å². The van der Waals surface area contributed by atoms with Gasteiger partial charge in [-0.1, -0.05) is 0 Å². The standard InChI is InChI=1S/C11H17N3O3/c1-6(4-7(2)15)13-11-12-5-9(10(16)17)8(3)14-11/h5-7,15H,4H2,1-3H3,(H,16,17)(H,12,13,14). The number of hydrogen-bond acceptors (Lipinski definition) is 5. The lowest BCUT2D eigenvalue weighted by atomic mass is 10.1. The zero-order valence-electron chi connectivity index (χ0n) is 10.1. The zero-order chi connectivity index (χ0) is 13.0. The number of carboxylic acid groups (broad SMARTS) is 1. The molecule has 1 aromatic heterocycles. The van der Waals surface area contributed by atoms with E-state index in [-0.39, 0.29) is 11.6 Å². The first-order valence-corrected chi connectivity index (χ1v) is 5.41. The maximum Gasteiger partial charge on any atom is 0.339 e. The second-order valence-corrected chi connectivity index (χ2v) is 4.13. The Morgan fingerprint density at radius 3 is 2.65 bits per heavy atom. The van der Waals surface area contributed by atoms with E-state index >= 15 is 0 Å². The Morgan fingerprint density at radius 1 is 1.53 bits per heavy atom. The van der Waals surface area contributed by atoms with Crippen molar-refractivity contribution < 1.29 is 15.0 Å². The van der Waals surface area contributed by atoms with Gasteiger partial charge in [0.25, 0.3) is 0 Å². The summed E-state index contributed by atoms with van der Waals surface area (Å²) in [5.74, 6) is -0.660. The van der Waals surface area contributed by atoms with Crippen LogP contribution in [0.5, 0.6) is 0 Å².